The zero-order chi connectivity index (χ0) is 16.5. The van der Waals surface area contributed by atoms with Gasteiger partial charge in [0, 0.05) is 0 Å². The maximum absolute atomic E-state index is 2.29. The molecule has 2 aromatic carbocycles. The van der Waals surface area contributed by atoms with Crippen LogP contribution in [0.5, 0.6) is 0 Å². The summed E-state index contributed by atoms with van der Waals surface area (Å²) in [5, 5.41) is 0. The predicted molar refractivity (Wildman–Crippen MR) is 100 cm³/mol. The van der Waals surface area contributed by atoms with E-state index in [1.54, 1.807) is 11.1 Å². The quantitative estimate of drug-likeness (QED) is 0.558. The molecule has 0 radical (unpaired) electrons. The van der Waals surface area contributed by atoms with Gasteiger partial charge in [-0.3, -0.25) is 0 Å². The van der Waals surface area contributed by atoms with Crippen molar-refractivity contribution in [1.82, 2.24) is 0 Å². The summed E-state index contributed by atoms with van der Waals surface area (Å²) in [6.07, 6.45) is 7.84. The van der Waals surface area contributed by atoms with E-state index in [0.29, 0.717) is 0 Å². The van der Waals surface area contributed by atoms with Gasteiger partial charge in [0.15, 0.2) is 0 Å². The van der Waals surface area contributed by atoms with E-state index in [9.17, 15) is 0 Å². The summed E-state index contributed by atoms with van der Waals surface area (Å²) in [7, 11) is 0. The average molecular weight is 461 g/mol. The zero-order valence-corrected chi connectivity index (χ0v) is 20.8. The summed E-state index contributed by atoms with van der Waals surface area (Å²) in [5.41, 5.74) is 8.93. The fourth-order valence-corrected chi connectivity index (χ4v) is 2.85. The monoisotopic (exact) mass is 458 g/mol. The molecule has 0 saturated carbocycles. The van der Waals surface area contributed by atoms with Crippen LogP contribution in [0.25, 0.3) is 0 Å². The fourth-order valence-electron chi connectivity index (χ4n) is 2.85. The second kappa shape index (κ2) is 16.3. The Kier molecular flexibility index (Phi) is 19.6. The average Bonchev–Trinajstić information content (AvgIpc) is 3.04. The summed E-state index contributed by atoms with van der Waals surface area (Å²) < 4.78 is 0. The first-order valence-corrected chi connectivity index (χ1v) is 8.94. The third-order valence-corrected chi connectivity index (χ3v) is 4.79. The summed E-state index contributed by atoms with van der Waals surface area (Å²) in [6, 6.07) is 9.03. The number of hydrogen-bond acceptors (Lipinski definition) is 0. The maximum Gasteiger partial charge on any atom is 4.00 e. The van der Waals surface area contributed by atoms with Crippen molar-refractivity contribution in [1.29, 1.82) is 0 Å². The molecule has 2 rings (SSSR count). The largest absolute Gasteiger partial charge is 4.00 e. The van der Waals surface area contributed by atoms with Gasteiger partial charge in [-0.1, -0.05) is 80.1 Å². The topological polar surface area (TPSA) is 0 Å². The SMILES string of the molecule is CCCCc1ccc[c-]1CCCC.Cc1c[c-](C)c(C)c1C.[Cl-].[Cl-].[Zr+4]. The predicted octanol–water partition coefficient (Wildman–Crippen LogP) is 0.735. The minimum atomic E-state index is 0. The van der Waals surface area contributed by atoms with Crippen LogP contribution in [0.3, 0.4) is 0 Å². The molecule has 0 fully saturated rings. The molecule has 25 heavy (non-hydrogen) atoms. The molecule has 0 aliphatic heterocycles. The normalized spacial score (nSPS) is 9.20. The van der Waals surface area contributed by atoms with Crippen molar-refractivity contribution in [2.45, 2.75) is 80.1 Å². The van der Waals surface area contributed by atoms with Gasteiger partial charge in [-0.2, -0.15) is 45.5 Å². The van der Waals surface area contributed by atoms with Crippen LogP contribution >= 0.6 is 0 Å². The first kappa shape index (κ1) is 29.9. The van der Waals surface area contributed by atoms with Gasteiger partial charge >= 0.3 is 26.2 Å². The van der Waals surface area contributed by atoms with E-state index in [-0.39, 0.29) is 51.0 Å². The Hall–Kier alpha value is 0.163. The van der Waals surface area contributed by atoms with Crippen LogP contribution in [0, 0.1) is 27.7 Å². The van der Waals surface area contributed by atoms with E-state index < -0.39 is 0 Å². The number of aryl methyl sites for hydroxylation is 4. The van der Waals surface area contributed by atoms with Gasteiger partial charge in [-0.25, -0.2) is 12.1 Å². The minimum absolute atomic E-state index is 0. The molecule has 0 atom stereocenters. The van der Waals surface area contributed by atoms with E-state index >= 15 is 0 Å². The van der Waals surface area contributed by atoms with Crippen LogP contribution in [0.4, 0.5) is 0 Å². The Balaban J connectivity index is -0.000000362. The van der Waals surface area contributed by atoms with Crippen LogP contribution in [0.2, 0.25) is 0 Å². The molecule has 140 valence electrons. The Morgan fingerprint density at radius 2 is 1.56 bits per heavy atom. The van der Waals surface area contributed by atoms with Gasteiger partial charge in [0.05, 0.1) is 0 Å². The molecular weight excluding hydrogens is 426 g/mol. The van der Waals surface area contributed by atoms with E-state index in [0.717, 1.165) is 0 Å². The molecule has 0 aliphatic rings. The van der Waals surface area contributed by atoms with Crippen molar-refractivity contribution < 1.29 is 51.0 Å². The zero-order valence-electron chi connectivity index (χ0n) is 16.8. The van der Waals surface area contributed by atoms with Crippen molar-refractivity contribution in [3.05, 3.63) is 57.6 Å². The Labute approximate surface area is 187 Å². The number of hydrogen-bond donors (Lipinski definition) is 0. The maximum atomic E-state index is 2.29. The molecule has 3 heteroatoms. The van der Waals surface area contributed by atoms with Gasteiger partial charge in [0.2, 0.25) is 0 Å². The minimum Gasteiger partial charge on any atom is -1.00 e. The van der Waals surface area contributed by atoms with Crippen LogP contribution in [-0.2, 0) is 39.0 Å². The van der Waals surface area contributed by atoms with E-state index in [2.05, 4.69) is 65.8 Å². The Morgan fingerprint density at radius 1 is 0.960 bits per heavy atom. The van der Waals surface area contributed by atoms with Crippen molar-refractivity contribution >= 4 is 0 Å². The van der Waals surface area contributed by atoms with Crippen molar-refractivity contribution in [3.63, 3.8) is 0 Å². The van der Waals surface area contributed by atoms with E-state index in [1.807, 2.05) is 0 Å². The van der Waals surface area contributed by atoms with Crippen molar-refractivity contribution in [3.8, 4) is 0 Å². The second-order valence-corrected chi connectivity index (χ2v) is 6.54. The molecule has 0 amide bonds. The van der Waals surface area contributed by atoms with Crippen LogP contribution in [0.1, 0.15) is 72.9 Å². The third-order valence-electron chi connectivity index (χ3n) is 4.79. The van der Waals surface area contributed by atoms with Gasteiger partial charge in [-0.05, 0) is 0 Å². The Bertz CT molecular complexity index is 507. The first-order chi connectivity index (χ1) is 10.5. The van der Waals surface area contributed by atoms with Crippen molar-refractivity contribution in [2.75, 3.05) is 0 Å². The second-order valence-electron chi connectivity index (χ2n) is 6.54. The van der Waals surface area contributed by atoms with Crippen LogP contribution < -0.4 is 24.8 Å². The molecule has 0 aromatic heterocycles. The standard InChI is InChI=1S/C13H21.C9H13.2ClH.Zr/c1-3-5-8-12-10-7-11-13(12)9-6-4-2;1-6-5-7(2)9(4)8(6)3;;;/h7,10-11H,3-6,8-9H2,1-2H3;5H,1-4H3;2*1H;/q2*-1;;;+4/p-2. The summed E-state index contributed by atoms with van der Waals surface area (Å²) in [5.74, 6) is 0. The fraction of sp³-hybridized carbons (Fsp3) is 0.545. The molecule has 0 bridgehead atoms. The molecule has 0 heterocycles. The van der Waals surface area contributed by atoms with Gasteiger partial charge in [0.25, 0.3) is 0 Å². The molecular formula is C22H34Cl2Zr. The summed E-state index contributed by atoms with van der Waals surface area (Å²) in [6.45, 7) is 13.2. The molecule has 0 unspecified atom stereocenters. The summed E-state index contributed by atoms with van der Waals surface area (Å²) >= 11 is 0. The summed E-state index contributed by atoms with van der Waals surface area (Å²) in [4.78, 5) is 0. The number of halogens is 2. The molecule has 0 saturated heterocycles. The van der Waals surface area contributed by atoms with Crippen molar-refractivity contribution in [2.24, 2.45) is 0 Å². The third kappa shape index (κ3) is 10.2. The first-order valence-electron chi connectivity index (χ1n) is 8.94. The molecule has 0 N–H and O–H groups in total. The van der Waals surface area contributed by atoms with E-state index in [1.165, 1.54) is 60.8 Å². The number of rotatable bonds is 6. The molecule has 0 spiro atoms. The molecule has 0 aliphatic carbocycles. The smallest absolute Gasteiger partial charge is 1.00 e. The van der Waals surface area contributed by atoms with Crippen LogP contribution in [0.15, 0.2) is 24.3 Å². The van der Waals surface area contributed by atoms with Gasteiger partial charge < -0.3 is 24.8 Å². The van der Waals surface area contributed by atoms with Gasteiger partial charge in [-0.15, -0.1) is 0 Å². The Morgan fingerprint density at radius 3 is 1.96 bits per heavy atom. The molecule has 2 aromatic rings. The van der Waals surface area contributed by atoms with Crippen LogP contribution in [-0.4, -0.2) is 0 Å². The number of unbranched alkanes of at least 4 members (excludes halogenated alkanes) is 2. The van der Waals surface area contributed by atoms with Gasteiger partial charge in [0.1, 0.15) is 0 Å². The van der Waals surface area contributed by atoms with E-state index in [4.69, 9.17) is 0 Å². The molecule has 0 nitrogen and oxygen atoms in total.